The van der Waals surface area contributed by atoms with Gasteiger partial charge in [-0.1, -0.05) is 42.0 Å². The Morgan fingerprint density at radius 1 is 1.24 bits per heavy atom. The third-order valence-corrected chi connectivity index (χ3v) is 2.52. The lowest BCUT2D eigenvalue weighted by Crippen LogP contribution is -2.22. The molecule has 2 aromatic carbocycles. The van der Waals surface area contributed by atoms with Crippen LogP contribution in [-0.4, -0.2) is 5.91 Å². The van der Waals surface area contributed by atoms with E-state index in [-0.39, 0.29) is 5.91 Å². The molecule has 0 aromatic heterocycles. The number of carbonyl (C=O) groups excluding carboxylic acids is 1. The second-order valence-electron chi connectivity index (χ2n) is 3.96. The van der Waals surface area contributed by atoms with Crippen LogP contribution in [-0.2, 0) is 6.54 Å². The highest BCUT2D eigenvalue weighted by atomic mass is 16.1. The molecule has 85 valence electrons. The van der Waals surface area contributed by atoms with Gasteiger partial charge in [-0.25, -0.2) is 0 Å². The van der Waals surface area contributed by atoms with Crippen molar-refractivity contribution in [3.8, 4) is 0 Å². The minimum Gasteiger partial charge on any atom is -0.348 e. The number of rotatable bonds is 3. The van der Waals surface area contributed by atoms with E-state index in [1.165, 1.54) is 0 Å². The van der Waals surface area contributed by atoms with Crippen molar-refractivity contribution in [2.45, 2.75) is 13.5 Å². The van der Waals surface area contributed by atoms with Gasteiger partial charge >= 0.3 is 0 Å². The molecule has 1 amide bonds. The van der Waals surface area contributed by atoms with Crippen molar-refractivity contribution in [1.29, 1.82) is 0 Å². The van der Waals surface area contributed by atoms with Crippen molar-refractivity contribution in [2.75, 3.05) is 0 Å². The average molecular weight is 224 g/mol. The Balaban J connectivity index is 1.98. The van der Waals surface area contributed by atoms with Crippen LogP contribution < -0.4 is 5.32 Å². The van der Waals surface area contributed by atoms with Crippen LogP contribution in [0.2, 0.25) is 0 Å². The predicted octanol–water partition coefficient (Wildman–Crippen LogP) is 2.73. The molecule has 0 aliphatic rings. The van der Waals surface area contributed by atoms with E-state index >= 15 is 0 Å². The highest BCUT2D eigenvalue weighted by Crippen LogP contribution is 2.04. The van der Waals surface area contributed by atoms with E-state index in [1.807, 2.05) is 55.5 Å². The fraction of sp³-hybridized carbons (Fsp3) is 0.133. The molecule has 2 rings (SSSR count). The molecule has 2 heteroatoms. The van der Waals surface area contributed by atoms with Gasteiger partial charge in [0.2, 0.25) is 0 Å². The summed E-state index contributed by atoms with van der Waals surface area (Å²) in [6, 6.07) is 18.1. The lowest BCUT2D eigenvalue weighted by molar-refractivity contribution is 0.0951. The van der Waals surface area contributed by atoms with Crippen LogP contribution in [0.1, 0.15) is 21.5 Å². The van der Waals surface area contributed by atoms with Crippen LogP contribution in [0.3, 0.4) is 0 Å². The molecule has 1 radical (unpaired) electrons. The molecule has 1 N–H and O–H groups in total. The minimum absolute atomic E-state index is 0.0402. The quantitative estimate of drug-likeness (QED) is 0.853. The Labute approximate surface area is 101 Å². The monoisotopic (exact) mass is 224 g/mol. The summed E-state index contributed by atoms with van der Waals surface area (Å²) >= 11 is 0. The molecule has 0 spiro atoms. The highest BCUT2D eigenvalue weighted by Gasteiger charge is 2.04. The van der Waals surface area contributed by atoms with Crippen molar-refractivity contribution in [3.05, 3.63) is 71.3 Å². The minimum atomic E-state index is -0.0402. The van der Waals surface area contributed by atoms with Crippen LogP contribution in [0.5, 0.6) is 0 Å². The molecular formula is C15H14NO. The Kier molecular flexibility index (Phi) is 3.55. The van der Waals surface area contributed by atoms with E-state index in [9.17, 15) is 4.79 Å². The number of benzene rings is 2. The maximum absolute atomic E-state index is 11.9. The lowest BCUT2D eigenvalue weighted by atomic mass is 10.1. The van der Waals surface area contributed by atoms with Gasteiger partial charge in [0.05, 0.1) is 0 Å². The van der Waals surface area contributed by atoms with E-state index < -0.39 is 0 Å². The summed E-state index contributed by atoms with van der Waals surface area (Å²) in [5, 5.41) is 2.89. The molecule has 2 nitrogen and oxygen atoms in total. The summed E-state index contributed by atoms with van der Waals surface area (Å²) in [5.74, 6) is -0.0402. The molecule has 0 unspecified atom stereocenters. The van der Waals surface area contributed by atoms with Gasteiger partial charge < -0.3 is 5.32 Å². The van der Waals surface area contributed by atoms with Crippen molar-refractivity contribution in [2.24, 2.45) is 0 Å². The lowest BCUT2D eigenvalue weighted by Gasteiger charge is -2.05. The Hall–Kier alpha value is -2.09. The molecule has 0 saturated carbocycles. The van der Waals surface area contributed by atoms with Gasteiger partial charge in [-0.2, -0.15) is 0 Å². The van der Waals surface area contributed by atoms with Gasteiger partial charge in [-0.3, -0.25) is 4.79 Å². The van der Waals surface area contributed by atoms with Crippen LogP contribution in [0.25, 0.3) is 0 Å². The van der Waals surface area contributed by atoms with E-state index in [1.54, 1.807) is 0 Å². The third-order valence-electron chi connectivity index (χ3n) is 2.52. The van der Waals surface area contributed by atoms with Gasteiger partial charge in [0.1, 0.15) is 0 Å². The summed E-state index contributed by atoms with van der Waals surface area (Å²) in [6.07, 6.45) is 0. The third kappa shape index (κ3) is 3.18. The van der Waals surface area contributed by atoms with E-state index in [0.717, 1.165) is 11.1 Å². The highest BCUT2D eigenvalue weighted by molar-refractivity contribution is 5.94. The molecule has 2 aromatic rings. The predicted molar refractivity (Wildman–Crippen MR) is 67.6 cm³/mol. The van der Waals surface area contributed by atoms with Crippen molar-refractivity contribution in [3.63, 3.8) is 0 Å². The summed E-state index contributed by atoms with van der Waals surface area (Å²) in [7, 11) is 0. The molecular weight excluding hydrogens is 210 g/mol. The first-order chi connectivity index (χ1) is 8.25. The number of hydrogen-bond acceptors (Lipinski definition) is 1. The van der Waals surface area contributed by atoms with E-state index in [2.05, 4.69) is 11.4 Å². The van der Waals surface area contributed by atoms with Crippen LogP contribution in [0.15, 0.2) is 48.5 Å². The number of amides is 1. The van der Waals surface area contributed by atoms with Gasteiger partial charge in [0, 0.05) is 12.1 Å². The van der Waals surface area contributed by atoms with E-state index in [4.69, 9.17) is 0 Å². The number of carbonyl (C=O) groups is 1. The van der Waals surface area contributed by atoms with Crippen LogP contribution in [0, 0.1) is 13.0 Å². The normalized spacial score (nSPS) is 9.94. The molecule has 0 aliphatic carbocycles. The summed E-state index contributed by atoms with van der Waals surface area (Å²) in [6.45, 7) is 2.52. The summed E-state index contributed by atoms with van der Waals surface area (Å²) < 4.78 is 0. The first-order valence-electron chi connectivity index (χ1n) is 5.55. The fourth-order valence-electron chi connectivity index (χ4n) is 1.61. The molecule has 0 heterocycles. The van der Waals surface area contributed by atoms with Crippen molar-refractivity contribution >= 4 is 5.91 Å². The first kappa shape index (κ1) is 11.4. The standard InChI is InChI=1S/C15H14NO/c1-12-6-5-9-14(10-12)15(17)16-11-13-7-3-2-4-8-13/h3-10H,11H2,1H3,(H,16,17). The van der Waals surface area contributed by atoms with Gasteiger partial charge in [0.25, 0.3) is 5.91 Å². The summed E-state index contributed by atoms with van der Waals surface area (Å²) in [5.41, 5.74) is 2.87. The maximum atomic E-state index is 11.9. The largest absolute Gasteiger partial charge is 0.348 e. The van der Waals surface area contributed by atoms with Crippen molar-refractivity contribution in [1.82, 2.24) is 5.32 Å². The molecule has 0 fully saturated rings. The zero-order valence-electron chi connectivity index (χ0n) is 9.73. The Morgan fingerprint density at radius 2 is 2.00 bits per heavy atom. The smallest absolute Gasteiger partial charge is 0.251 e. The number of nitrogens with one attached hydrogen (secondary N) is 1. The number of hydrogen-bond donors (Lipinski definition) is 1. The van der Waals surface area contributed by atoms with Crippen LogP contribution in [0.4, 0.5) is 0 Å². The van der Waals surface area contributed by atoms with Gasteiger partial charge in [-0.15, -0.1) is 0 Å². The number of aryl methyl sites for hydroxylation is 1. The Bertz CT molecular complexity index is 505. The summed E-state index contributed by atoms with van der Waals surface area (Å²) in [4.78, 5) is 11.9. The molecule has 0 aliphatic heterocycles. The molecule has 17 heavy (non-hydrogen) atoms. The molecule has 0 saturated heterocycles. The zero-order chi connectivity index (χ0) is 12.1. The average Bonchev–Trinajstić information content (AvgIpc) is 2.37. The van der Waals surface area contributed by atoms with Gasteiger partial charge in [0.15, 0.2) is 0 Å². The van der Waals surface area contributed by atoms with Crippen molar-refractivity contribution < 1.29 is 4.79 Å². The van der Waals surface area contributed by atoms with Crippen LogP contribution >= 0.6 is 0 Å². The second kappa shape index (κ2) is 5.30. The topological polar surface area (TPSA) is 29.1 Å². The fourth-order valence-corrected chi connectivity index (χ4v) is 1.61. The second-order valence-corrected chi connectivity index (χ2v) is 3.96. The van der Waals surface area contributed by atoms with E-state index in [0.29, 0.717) is 12.1 Å². The maximum Gasteiger partial charge on any atom is 0.251 e. The zero-order valence-corrected chi connectivity index (χ0v) is 9.73. The molecule has 0 bridgehead atoms. The first-order valence-corrected chi connectivity index (χ1v) is 5.55. The SMILES string of the molecule is Cc1cccc(C(=O)NCc2cc[c]cc2)c1. The van der Waals surface area contributed by atoms with Gasteiger partial charge in [-0.05, 0) is 30.7 Å². The Morgan fingerprint density at radius 3 is 2.71 bits per heavy atom. The molecule has 0 atom stereocenters.